The molecule has 2 aromatic carbocycles. The third kappa shape index (κ3) is 5.05. The summed E-state index contributed by atoms with van der Waals surface area (Å²) in [6.45, 7) is 1.21. The van der Waals surface area contributed by atoms with Crippen LogP contribution >= 0.6 is 0 Å². The fourth-order valence-electron chi connectivity index (χ4n) is 2.55. The minimum atomic E-state index is -0.371. The van der Waals surface area contributed by atoms with Crippen molar-refractivity contribution in [3.05, 3.63) is 66.2 Å². The zero-order chi connectivity index (χ0) is 19.8. The summed E-state index contributed by atoms with van der Waals surface area (Å²) in [4.78, 5) is 20.8. The Labute approximate surface area is 163 Å². The van der Waals surface area contributed by atoms with E-state index in [9.17, 15) is 4.79 Å². The summed E-state index contributed by atoms with van der Waals surface area (Å²) in [5.74, 6) is 1.57. The number of hydrogen-bond donors (Lipinski definition) is 2. The van der Waals surface area contributed by atoms with E-state index in [0.29, 0.717) is 36.2 Å². The molecule has 0 bridgehead atoms. The van der Waals surface area contributed by atoms with Gasteiger partial charge in [-0.05, 0) is 24.3 Å². The van der Waals surface area contributed by atoms with Gasteiger partial charge in [-0.15, -0.1) is 0 Å². The summed E-state index contributed by atoms with van der Waals surface area (Å²) in [5, 5.41) is 6.49. The van der Waals surface area contributed by atoms with Crippen LogP contribution in [0.3, 0.4) is 0 Å². The summed E-state index contributed by atoms with van der Waals surface area (Å²) in [7, 11) is 3.01. The van der Waals surface area contributed by atoms with Crippen molar-refractivity contribution in [1.82, 2.24) is 9.97 Å². The fraction of sp³-hybridized carbons (Fsp3) is 0.190. The van der Waals surface area contributed by atoms with Gasteiger partial charge in [-0.3, -0.25) is 0 Å². The number of esters is 1. The summed E-state index contributed by atoms with van der Waals surface area (Å²) < 4.78 is 9.81. The number of benzene rings is 2. The van der Waals surface area contributed by atoms with Gasteiger partial charge in [0.25, 0.3) is 0 Å². The molecule has 0 saturated carbocycles. The average Bonchev–Trinajstić information content (AvgIpc) is 2.74. The van der Waals surface area contributed by atoms with Gasteiger partial charge < -0.3 is 20.1 Å². The number of nitrogens with zero attached hydrogens (tertiary/aromatic N) is 2. The first-order valence-corrected chi connectivity index (χ1v) is 8.82. The molecule has 1 aromatic heterocycles. The van der Waals surface area contributed by atoms with Crippen LogP contribution < -0.4 is 10.6 Å². The zero-order valence-electron chi connectivity index (χ0n) is 15.8. The predicted octanol–water partition coefficient (Wildman–Crippen LogP) is 3.73. The number of nitrogens with one attached hydrogen (secondary N) is 2. The maximum Gasteiger partial charge on any atom is 0.337 e. The Morgan fingerprint density at radius 3 is 2.36 bits per heavy atom. The van der Waals surface area contributed by atoms with E-state index >= 15 is 0 Å². The second kappa shape index (κ2) is 9.48. The van der Waals surface area contributed by atoms with Crippen molar-refractivity contribution in [1.29, 1.82) is 0 Å². The molecule has 0 unspecified atom stereocenters. The lowest BCUT2D eigenvalue weighted by Gasteiger charge is -2.12. The highest BCUT2D eigenvalue weighted by molar-refractivity contribution is 5.89. The predicted molar refractivity (Wildman–Crippen MR) is 109 cm³/mol. The molecule has 0 aliphatic carbocycles. The standard InChI is InChI=1S/C21H22N4O3/c1-27-13-12-22-18-14-19(25-20(24-18)15-6-4-3-5-7-15)23-17-10-8-16(9-11-17)21(26)28-2/h3-11,14H,12-13H2,1-2H3,(H2,22,23,24,25). The van der Waals surface area contributed by atoms with Gasteiger partial charge >= 0.3 is 5.97 Å². The third-order valence-electron chi connectivity index (χ3n) is 3.95. The van der Waals surface area contributed by atoms with Crippen LogP contribution in [0.15, 0.2) is 60.7 Å². The Balaban J connectivity index is 1.86. The monoisotopic (exact) mass is 378 g/mol. The molecule has 3 rings (SSSR count). The molecule has 3 aromatic rings. The fourth-order valence-corrected chi connectivity index (χ4v) is 2.55. The molecule has 7 heteroatoms. The van der Waals surface area contributed by atoms with Gasteiger partial charge in [-0.25, -0.2) is 14.8 Å². The van der Waals surface area contributed by atoms with Crippen molar-refractivity contribution in [3.8, 4) is 11.4 Å². The van der Waals surface area contributed by atoms with E-state index < -0.39 is 0 Å². The normalized spacial score (nSPS) is 10.4. The molecule has 0 amide bonds. The number of hydrogen-bond acceptors (Lipinski definition) is 7. The van der Waals surface area contributed by atoms with E-state index in [1.165, 1.54) is 7.11 Å². The highest BCUT2D eigenvalue weighted by Crippen LogP contribution is 2.23. The first-order chi connectivity index (χ1) is 13.7. The Bertz CT molecular complexity index is 915. The molecule has 7 nitrogen and oxygen atoms in total. The minimum Gasteiger partial charge on any atom is -0.465 e. The molecule has 0 atom stereocenters. The quantitative estimate of drug-likeness (QED) is 0.456. The number of aromatic nitrogens is 2. The SMILES string of the molecule is COCCNc1cc(Nc2ccc(C(=O)OC)cc2)nc(-c2ccccc2)n1. The van der Waals surface area contributed by atoms with Crippen LogP contribution in [0.4, 0.5) is 17.3 Å². The topological polar surface area (TPSA) is 85.4 Å². The summed E-state index contributed by atoms with van der Waals surface area (Å²) >= 11 is 0. The lowest BCUT2D eigenvalue weighted by molar-refractivity contribution is 0.0601. The van der Waals surface area contributed by atoms with Crippen LogP contribution in [-0.4, -0.2) is 43.3 Å². The molecule has 0 aliphatic heterocycles. The molecule has 0 saturated heterocycles. The minimum absolute atomic E-state index is 0.371. The van der Waals surface area contributed by atoms with Gasteiger partial charge in [0.05, 0.1) is 19.3 Å². The molecule has 1 heterocycles. The number of anilines is 3. The number of methoxy groups -OCH3 is 2. The summed E-state index contributed by atoms with van der Waals surface area (Å²) in [6.07, 6.45) is 0. The van der Waals surface area contributed by atoms with Crippen LogP contribution in [0.5, 0.6) is 0 Å². The van der Waals surface area contributed by atoms with E-state index in [0.717, 1.165) is 11.3 Å². The Morgan fingerprint density at radius 1 is 0.964 bits per heavy atom. The van der Waals surface area contributed by atoms with Gasteiger partial charge in [0.2, 0.25) is 0 Å². The van der Waals surface area contributed by atoms with Crippen LogP contribution in [-0.2, 0) is 9.47 Å². The molecule has 0 spiro atoms. The number of ether oxygens (including phenoxy) is 2. The number of carbonyl (C=O) groups excluding carboxylic acids is 1. The van der Waals surface area contributed by atoms with Crippen molar-refractivity contribution in [3.63, 3.8) is 0 Å². The van der Waals surface area contributed by atoms with E-state index in [1.54, 1.807) is 31.4 Å². The first kappa shape index (κ1) is 19.3. The maximum atomic E-state index is 11.6. The first-order valence-electron chi connectivity index (χ1n) is 8.82. The van der Waals surface area contributed by atoms with E-state index in [-0.39, 0.29) is 5.97 Å². The van der Waals surface area contributed by atoms with Gasteiger partial charge in [-0.1, -0.05) is 30.3 Å². The van der Waals surface area contributed by atoms with Crippen LogP contribution in [0, 0.1) is 0 Å². The van der Waals surface area contributed by atoms with E-state index in [2.05, 4.69) is 20.6 Å². The molecule has 144 valence electrons. The molecule has 0 fully saturated rings. The Morgan fingerprint density at radius 2 is 1.68 bits per heavy atom. The summed E-state index contributed by atoms with van der Waals surface area (Å²) in [6, 6.07) is 18.6. The van der Waals surface area contributed by atoms with E-state index in [1.807, 2.05) is 36.4 Å². The highest BCUT2D eigenvalue weighted by Gasteiger charge is 2.09. The van der Waals surface area contributed by atoms with Gasteiger partial charge in [0.15, 0.2) is 5.82 Å². The van der Waals surface area contributed by atoms with Gasteiger partial charge in [0, 0.05) is 31.0 Å². The van der Waals surface area contributed by atoms with Crippen LogP contribution in [0.2, 0.25) is 0 Å². The van der Waals surface area contributed by atoms with Crippen LogP contribution in [0.1, 0.15) is 10.4 Å². The number of carbonyl (C=O) groups is 1. The van der Waals surface area contributed by atoms with Gasteiger partial charge in [-0.2, -0.15) is 0 Å². The number of rotatable bonds is 8. The zero-order valence-corrected chi connectivity index (χ0v) is 15.8. The third-order valence-corrected chi connectivity index (χ3v) is 3.95. The maximum absolute atomic E-state index is 11.6. The van der Waals surface area contributed by atoms with Crippen molar-refractivity contribution >= 4 is 23.3 Å². The molecule has 2 N–H and O–H groups in total. The van der Waals surface area contributed by atoms with Crippen molar-refractivity contribution in [2.75, 3.05) is 38.0 Å². The van der Waals surface area contributed by atoms with Crippen LogP contribution in [0.25, 0.3) is 11.4 Å². The lowest BCUT2D eigenvalue weighted by atomic mass is 10.2. The molecular weight excluding hydrogens is 356 g/mol. The molecule has 28 heavy (non-hydrogen) atoms. The smallest absolute Gasteiger partial charge is 0.337 e. The Hall–Kier alpha value is -3.45. The molecule has 0 radical (unpaired) electrons. The second-order valence-corrected chi connectivity index (χ2v) is 5.94. The van der Waals surface area contributed by atoms with Crippen molar-refractivity contribution in [2.45, 2.75) is 0 Å². The average molecular weight is 378 g/mol. The summed E-state index contributed by atoms with van der Waals surface area (Å²) in [5.41, 5.74) is 2.21. The molecule has 0 aliphatic rings. The van der Waals surface area contributed by atoms with E-state index in [4.69, 9.17) is 9.47 Å². The van der Waals surface area contributed by atoms with Gasteiger partial charge in [0.1, 0.15) is 11.6 Å². The Kier molecular flexibility index (Phi) is 6.54. The lowest BCUT2D eigenvalue weighted by Crippen LogP contribution is -2.10. The second-order valence-electron chi connectivity index (χ2n) is 5.94. The van der Waals surface area contributed by atoms with Crippen molar-refractivity contribution in [2.24, 2.45) is 0 Å². The largest absolute Gasteiger partial charge is 0.465 e. The highest BCUT2D eigenvalue weighted by atomic mass is 16.5. The van der Waals surface area contributed by atoms with Crippen molar-refractivity contribution < 1.29 is 14.3 Å². The molecular formula is C21H22N4O3.